The minimum absolute atomic E-state index is 0.378. The maximum Gasteiger partial charge on any atom is 0.0581 e. The lowest BCUT2D eigenvalue weighted by Gasteiger charge is -2.24. The third kappa shape index (κ3) is 4.13. The third-order valence-electron chi connectivity index (χ3n) is 5.77. The lowest BCUT2D eigenvalue weighted by atomic mass is 10.0. The van der Waals surface area contributed by atoms with Crippen molar-refractivity contribution in [1.29, 1.82) is 0 Å². The van der Waals surface area contributed by atoms with Crippen molar-refractivity contribution in [2.75, 3.05) is 6.54 Å². The van der Waals surface area contributed by atoms with Gasteiger partial charge in [0.2, 0.25) is 0 Å². The summed E-state index contributed by atoms with van der Waals surface area (Å²) >= 11 is 6.02. The Balaban J connectivity index is 1.56. The van der Waals surface area contributed by atoms with Crippen LogP contribution in [0.2, 0.25) is 5.02 Å². The Morgan fingerprint density at radius 2 is 1.89 bits per heavy atom. The highest BCUT2D eigenvalue weighted by Gasteiger charge is 2.28. The quantitative estimate of drug-likeness (QED) is 0.609. The molecule has 0 unspecified atom stereocenters. The lowest BCUT2D eigenvalue weighted by molar-refractivity contribution is 0.243. The van der Waals surface area contributed by atoms with E-state index in [1.165, 1.54) is 34.5 Å². The molecule has 1 aliphatic heterocycles. The zero-order chi connectivity index (χ0) is 19.7. The number of halogens is 1. The maximum atomic E-state index is 6.02. The van der Waals surface area contributed by atoms with Crippen LogP contribution in [-0.2, 0) is 20.0 Å². The standard InChI is InChI=1S/C23H27ClN4/c1-16-11-19(12-18-6-8-21(24)9-7-18)13-22(26-16)23-5-4-10-28(23)15-20-14-25-27(3)17(20)2/h6-9,11,13-14,23H,4-5,10,12,15H2,1-3H3/t23-/m0/s1. The van der Waals surface area contributed by atoms with Crippen LogP contribution in [0.1, 0.15) is 52.7 Å². The van der Waals surface area contributed by atoms with Crippen molar-refractivity contribution < 1.29 is 0 Å². The summed E-state index contributed by atoms with van der Waals surface area (Å²) in [6, 6.07) is 13.0. The molecular formula is C23H27ClN4. The molecule has 0 saturated carbocycles. The molecule has 146 valence electrons. The van der Waals surface area contributed by atoms with E-state index in [1.54, 1.807) is 0 Å². The van der Waals surface area contributed by atoms with Crippen LogP contribution in [-0.4, -0.2) is 26.2 Å². The zero-order valence-electron chi connectivity index (χ0n) is 16.8. The second kappa shape index (κ2) is 8.06. The molecule has 0 radical (unpaired) electrons. The van der Waals surface area contributed by atoms with E-state index in [0.717, 1.165) is 36.6 Å². The van der Waals surface area contributed by atoms with Gasteiger partial charge in [-0.15, -0.1) is 0 Å². The van der Waals surface area contributed by atoms with E-state index in [1.807, 2.05) is 30.1 Å². The Morgan fingerprint density at radius 1 is 1.11 bits per heavy atom. The number of benzene rings is 1. The second-order valence-electron chi connectivity index (χ2n) is 7.85. The molecule has 0 spiro atoms. The third-order valence-corrected chi connectivity index (χ3v) is 6.02. The van der Waals surface area contributed by atoms with Crippen molar-refractivity contribution >= 4 is 11.6 Å². The van der Waals surface area contributed by atoms with Crippen LogP contribution in [0.4, 0.5) is 0 Å². The molecule has 2 aromatic heterocycles. The molecule has 3 aromatic rings. The second-order valence-corrected chi connectivity index (χ2v) is 8.29. The summed E-state index contributed by atoms with van der Waals surface area (Å²) in [5.41, 5.74) is 7.42. The summed E-state index contributed by atoms with van der Waals surface area (Å²) < 4.78 is 1.95. The molecule has 0 amide bonds. The number of pyridine rings is 1. The molecule has 1 saturated heterocycles. The van der Waals surface area contributed by atoms with Gasteiger partial charge in [0.05, 0.1) is 17.9 Å². The van der Waals surface area contributed by atoms with Gasteiger partial charge in [0, 0.05) is 35.6 Å². The SMILES string of the molecule is Cc1cc(Cc2ccc(Cl)cc2)cc([C@@H]2CCCN2Cc2cnn(C)c2C)n1. The highest BCUT2D eigenvalue weighted by molar-refractivity contribution is 6.30. The van der Waals surface area contributed by atoms with E-state index in [4.69, 9.17) is 16.6 Å². The average molecular weight is 395 g/mol. The Kier molecular flexibility index (Phi) is 5.51. The van der Waals surface area contributed by atoms with Gasteiger partial charge in [0.1, 0.15) is 0 Å². The first kappa shape index (κ1) is 19.2. The van der Waals surface area contributed by atoms with Crippen LogP contribution in [0.5, 0.6) is 0 Å². The predicted octanol–water partition coefficient (Wildman–Crippen LogP) is 5.01. The van der Waals surface area contributed by atoms with Gasteiger partial charge in [0.25, 0.3) is 0 Å². The molecule has 3 heterocycles. The minimum Gasteiger partial charge on any atom is -0.290 e. The molecule has 4 nitrogen and oxygen atoms in total. The number of rotatable bonds is 5. The highest BCUT2D eigenvalue weighted by atomic mass is 35.5. The molecule has 1 aliphatic rings. The fraction of sp³-hybridized carbons (Fsp3) is 0.391. The summed E-state index contributed by atoms with van der Waals surface area (Å²) in [4.78, 5) is 7.46. The first-order valence-corrected chi connectivity index (χ1v) is 10.3. The molecule has 1 aromatic carbocycles. The highest BCUT2D eigenvalue weighted by Crippen LogP contribution is 2.33. The monoisotopic (exact) mass is 394 g/mol. The van der Waals surface area contributed by atoms with Gasteiger partial charge in [-0.3, -0.25) is 14.6 Å². The van der Waals surface area contributed by atoms with E-state index in [0.29, 0.717) is 6.04 Å². The summed E-state index contributed by atoms with van der Waals surface area (Å²) in [6.45, 7) is 6.29. The molecule has 0 N–H and O–H groups in total. The van der Waals surface area contributed by atoms with Gasteiger partial charge < -0.3 is 0 Å². The van der Waals surface area contributed by atoms with E-state index in [9.17, 15) is 0 Å². The topological polar surface area (TPSA) is 34.0 Å². The Morgan fingerprint density at radius 3 is 2.61 bits per heavy atom. The average Bonchev–Trinajstić information content (AvgIpc) is 3.25. The van der Waals surface area contributed by atoms with Crippen molar-refractivity contribution in [1.82, 2.24) is 19.7 Å². The predicted molar refractivity (Wildman–Crippen MR) is 114 cm³/mol. The minimum atomic E-state index is 0.378. The normalized spacial score (nSPS) is 17.4. The van der Waals surface area contributed by atoms with Gasteiger partial charge in [-0.25, -0.2) is 0 Å². The van der Waals surface area contributed by atoms with Gasteiger partial charge in [-0.1, -0.05) is 23.7 Å². The van der Waals surface area contributed by atoms with Crippen LogP contribution in [0.15, 0.2) is 42.6 Å². The van der Waals surface area contributed by atoms with Crippen LogP contribution >= 0.6 is 11.6 Å². The van der Waals surface area contributed by atoms with Crippen molar-refractivity contribution in [3.8, 4) is 0 Å². The first-order chi connectivity index (χ1) is 13.5. The van der Waals surface area contributed by atoms with Crippen molar-refractivity contribution in [3.63, 3.8) is 0 Å². The van der Waals surface area contributed by atoms with Crippen molar-refractivity contribution in [3.05, 3.63) is 81.4 Å². The molecule has 5 heteroatoms. The fourth-order valence-corrected chi connectivity index (χ4v) is 4.27. The number of nitrogens with zero attached hydrogens (tertiary/aromatic N) is 4. The Labute approximate surface area is 172 Å². The number of aromatic nitrogens is 3. The Bertz CT molecular complexity index is 961. The van der Waals surface area contributed by atoms with Gasteiger partial charge >= 0.3 is 0 Å². The Hall–Kier alpha value is -2.17. The van der Waals surface area contributed by atoms with Gasteiger partial charge in [-0.05, 0) is 75.0 Å². The van der Waals surface area contributed by atoms with Crippen LogP contribution in [0.25, 0.3) is 0 Å². The summed E-state index contributed by atoms with van der Waals surface area (Å²) in [5, 5.41) is 5.18. The van der Waals surface area contributed by atoms with Crippen molar-refractivity contribution in [2.24, 2.45) is 7.05 Å². The summed E-state index contributed by atoms with van der Waals surface area (Å²) in [5.74, 6) is 0. The fourth-order valence-electron chi connectivity index (χ4n) is 4.15. The van der Waals surface area contributed by atoms with E-state index in [-0.39, 0.29) is 0 Å². The molecule has 4 rings (SSSR count). The number of aryl methyl sites for hydroxylation is 2. The lowest BCUT2D eigenvalue weighted by Crippen LogP contribution is -2.24. The maximum absolute atomic E-state index is 6.02. The van der Waals surface area contributed by atoms with Crippen LogP contribution < -0.4 is 0 Å². The van der Waals surface area contributed by atoms with Crippen LogP contribution in [0, 0.1) is 13.8 Å². The molecule has 28 heavy (non-hydrogen) atoms. The number of hydrogen-bond donors (Lipinski definition) is 0. The number of hydrogen-bond acceptors (Lipinski definition) is 3. The van der Waals surface area contributed by atoms with E-state index in [2.05, 4.69) is 48.1 Å². The molecule has 0 bridgehead atoms. The van der Waals surface area contributed by atoms with Crippen molar-refractivity contribution in [2.45, 2.75) is 45.7 Å². The number of likely N-dealkylation sites (tertiary alicyclic amines) is 1. The molecular weight excluding hydrogens is 368 g/mol. The van der Waals surface area contributed by atoms with E-state index >= 15 is 0 Å². The van der Waals surface area contributed by atoms with E-state index < -0.39 is 0 Å². The van der Waals surface area contributed by atoms with Gasteiger partial charge in [-0.2, -0.15) is 5.10 Å². The largest absolute Gasteiger partial charge is 0.290 e. The molecule has 0 aliphatic carbocycles. The van der Waals surface area contributed by atoms with Crippen LogP contribution in [0.3, 0.4) is 0 Å². The summed E-state index contributed by atoms with van der Waals surface area (Å²) in [7, 11) is 2.01. The summed E-state index contributed by atoms with van der Waals surface area (Å²) in [6.07, 6.45) is 5.28. The molecule has 1 fully saturated rings. The zero-order valence-corrected chi connectivity index (χ0v) is 17.6. The van der Waals surface area contributed by atoms with Gasteiger partial charge in [0.15, 0.2) is 0 Å². The smallest absolute Gasteiger partial charge is 0.0581 e. The molecule has 1 atom stereocenters. The first-order valence-electron chi connectivity index (χ1n) is 9.93.